The number of anilines is 1. The summed E-state index contributed by atoms with van der Waals surface area (Å²) >= 11 is 0. The maximum absolute atomic E-state index is 13.5. The fraction of sp³-hybridized carbons (Fsp3) is 0.308. The van der Waals surface area contributed by atoms with Crippen molar-refractivity contribution in [1.82, 2.24) is 19.5 Å². The highest BCUT2D eigenvalue weighted by molar-refractivity contribution is 7.53. The summed E-state index contributed by atoms with van der Waals surface area (Å²) in [5.74, 6) is 0.685. The summed E-state index contributed by atoms with van der Waals surface area (Å²) in [6.07, 6.45) is -0.103. The molecule has 0 radical (unpaired) electrons. The van der Waals surface area contributed by atoms with E-state index in [2.05, 4.69) is 15.0 Å². The summed E-state index contributed by atoms with van der Waals surface area (Å²) < 4.78 is 46.9. The minimum atomic E-state index is -3.92. The largest absolute Gasteiger partial charge is 0.515 e. The van der Waals surface area contributed by atoms with E-state index in [1.165, 1.54) is 19.5 Å². The lowest BCUT2D eigenvalue weighted by Crippen LogP contribution is -2.15. The monoisotopic (exact) mass is 587 g/mol. The van der Waals surface area contributed by atoms with E-state index in [9.17, 15) is 14.2 Å². The Kier molecular flexibility index (Phi) is 9.73. The van der Waals surface area contributed by atoms with Gasteiger partial charge < -0.3 is 33.8 Å². The maximum atomic E-state index is 13.5. The molecule has 4 rings (SSSR count). The molecule has 218 valence electrons. The second-order valence-electron chi connectivity index (χ2n) is 8.84. The van der Waals surface area contributed by atoms with E-state index in [0.29, 0.717) is 5.75 Å². The Morgan fingerprint density at radius 2 is 1.90 bits per heavy atom. The number of H-pyrrole nitrogens is 1. The molecule has 15 heteroatoms. The van der Waals surface area contributed by atoms with Crippen molar-refractivity contribution in [2.75, 3.05) is 32.6 Å². The molecule has 1 unspecified atom stereocenters. The number of aromatic nitrogens is 4. The van der Waals surface area contributed by atoms with E-state index in [-0.39, 0.29) is 42.6 Å². The van der Waals surface area contributed by atoms with Crippen LogP contribution in [0.2, 0.25) is 0 Å². The molecule has 2 aromatic carbocycles. The molecular weight excluding hydrogens is 557 g/mol. The Hall–Kier alpha value is -4.23. The number of nitrogen functional groups attached to an aromatic ring is 1. The van der Waals surface area contributed by atoms with Crippen LogP contribution in [-0.2, 0) is 36.2 Å². The van der Waals surface area contributed by atoms with E-state index in [4.69, 9.17) is 33.7 Å². The number of hydrogen-bond acceptors (Lipinski definition) is 12. The van der Waals surface area contributed by atoms with E-state index in [0.717, 1.165) is 16.7 Å². The van der Waals surface area contributed by atoms with Gasteiger partial charge in [-0.1, -0.05) is 35.9 Å². The topological polar surface area (TPSA) is 179 Å². The van der Waals surface area contributed by atoms with Crippen LogP contribution in [0.25, 0.3) is 11.2 Å². The van der Waals surface area contributed by atoms with Crippen LogP contribution in [0.1, 0.15) is 16.7 Å². The van der Waals surface area contributed by atoms with Crippen LogP contribution >= 0.6 is 7.60 Å². The highest BCUT2D eigenvalue weighted by Gasteiger charge is 2.27. The number of imidazole rings is 1. The van der Waals surface area contributed by atoms with Gasteiger partial charge in [-0.15, -0.1) is 0 Å². The fourth-order valence-corrected chi connectivity index (χ4v) is 4.72. The average Bonchev–Trinajstić information content (AvgIpc) is 3.35. The number of carbonyl (C=O) groups is 1. The van der Waals surface area contributed by atoms with Crippen LogP contribution in [-0.4, -0.2) is 52.5 Å². The van der Waals surface area contributed by atoms with Gasteiger partial charge in [0.2, 0.25) is 12.7 Å². The normalized spacial score (nSPS) is 12.7. The average molecular weight is 588 g/mol. The molecule has 0 spiro atoms. The van der Waals surface area contributed by atoms with Gasteiger partial charge >= 0.3 is 13.8 Å². The third-order valence-electron chi connectivity index (χ3n) is 5.77. The predicted molar refractivity (Wildman–Crippen MR) is 148 cm³/mol. The molecule has 0 saturated carbocycles. The number of hydrogen-bond donors (Lipinski definition) is 2. The molecule has 14 nitrogen and oxygen atoms in total. The Morgan fingerprint density at radius 1 is 1.12 bits per heavy atom. The van der Waals surface area contributed by atoms with Gasteiger partial charge in [0.05, 0.1) is 26.7 Å². The Morgan fingerprint density at radius 3 is 2.66 bits per heavy atom. The zero-order chi connectivity index (χ0) is 29.4. The van der Waals surface area contributed by atoms with E-state index < -0.39 is 32.5 Å². The smallest absolute Gasteiger partial charge is 0.496 e. The third kappa shape index (κ3) is 8.14. The number of rotatable bonds is 13. The van der Waals surface area contributed by atoms with Gasteiger partial charge in [0.15, 0.2) is 11.2 Å². The number of benzene rings is 2. The van der Waals surface area contributed by atoms with E-state index in [1.807, 2.05) is 38.1 Å². The van der Waals surface area contributed by atoms with Crippen molar-refractivity contribution in [2.45, 2.75) is 27.0 Å². The molecule has 0 saturated heterocycles. The Labute approximate surface area is 234 Å². The minimum Gasteiger partial charge on any atom is -0.496 e. The summed E-state index contributed by atoms with van der Waals surface area (Å²) in [6.45, 7) is 3.29. The number of methoxy groups -OCH3 is 1. The van der Waals surface area contributed by atoms with Gasteiger partial charge in [-0.2, -0.15) is 4.98 Å². The van der Waals surface area contributed by atoms with Gasteiger partial charge in [-0.3, -0.25) is 18.9 Å². The molecule has 0 aliphatic heterocycles. The zero-order valence-corrected chi connectivity index (χ0v) is 23.6. The van der Waals surface area contributed by atoms with Crippen molar-refractivity contribution in [3.05, 3.63) is 75.8 Å². The summed E-state index contributed by atoms with van der Waals surface area (Å²) in [7, 11) is -2.42. The second kappa shape index (κ2) is 13.4. The van der Waals surface area contributed by atoms with Gasteiger partial charge in [0, 0.05) is 12.6 Å². The number of nitrogens with two attached hydrogens (primary N) is 1. The molecule has 3 N–H and O–H groups in total. The highest BCUT2D eigenvalue weighted by Crippen LogP contribution is 2.49. The first-order chi connectivity index (χ1) is 19.7. The van der Waals surface area contributed by atoms with Crippen LogP contribution in [0.5, 0.6) is 11.5 Å². The van der Waals surface area contributed by atoms with Crippen molar-refractivity contribution in [1.29, 1.82) is 0 Å². The molecule has 41 heavy (non-hydrogen) atoms. The number of ether oxygens (including phenoxy) is 4. The maximum Gasteiger partial charge on any atom is 0.515 e. The Bertz CT molecular complexity index is 1600. The number of nitrogens with one attached hydrogen (secondary N) is 1. The second-order valence-corrected chi connectivity index (χ2v) is 10.8. The fourth-order valence-electron chi connectivity index (χ4n) is 3.59. The summed E-state index contributed by atoms with van der Waals surface area (Å²) in [4.78, 5) is 34.6. The zero-order valence-electron chi connectivity index (χ0n) is 22.7. The van der Waals surface area contributed by atoms with Crippen LogP contribution in [0.4, 0.5) is 10.7 Å². The molecule has 0 aliphatic carbocycles. The number of carbonyl (C=O) groups excluding carboxylic acids is 1. The minimum absolute atomic E-state index is 0.0351. The van der Waals surface area contributed by atoms with Gasteiger partial charge in [0.25, 0.3) is 5.56 Å². The lowest BCUT2D eigenvalue weighted by atomic mass is 10.2. The number of aromatic amines is 1. The molecule has 4 aromatic rings. The highest BCUT2D eigenvalue weighted by atomic mass is 31.2. The molecule has 0 bridgehead atoms. The lowest BCUT2D eigenvalue weighted by molar-refractivity contribution is 0.0154. The van der Waals surface area contributed by atoms with Gasteiger partial charge in [-0.25, -0.2) is 9.78 Å². The molecule has 0 fully saturated rings. The van der Waals surface area contributed by atoms with Crippen LogP contribution in [0, 0.1) is 13.8 Å². The summed E-state index contributed by atoms with van der Waals surface area (Å²) in [6, 6.07) is 12.3. The molecule has 2 aromatic heterocycles. The van der Waals surface area contributed by atoms with E-state index >= 15 is 0 Å². The van der Waals surface area contributed by atoms with Crippen molar-refractivity contribution in [3.8, 4) is 11.5 Å². The molecule has 0 amide bonds. The standard InChI is InChI=1S/C26H30N5O9P/c1-17-4-7-19(8-5-17)13-38-41(34,39-15-37-26(33)40-20-9-6-18(2)21(12-20)35-3)16-36-11-10-31-14-28-22-23(31)29-25(27)30-24(22)32/h4-9,12,14H,10-11,13,15-16H2,1-3H3,(H3,27,29,30,32). The lowest BCUT2D eigenvalue weighted by Gasteiger charge is -2.19. The first-order valence-electron chi connectivity index (χ1n) is 12.4. The number of nitrogens with zero attached hydrogens (tertiary/aromatic N) is 3. The van der Waals surface area contributed by atoms with Crippen LogP contribution in [0.3, 0.4) is 0 Å². The van der Waals surface area contributed by atoms with Crippen LogP contribution < -0.4 is 20.8 Å². The number of fused-ring (bicyclic) bond motifs is 1. The molecule has 2 heterocycles. The third-order valence-corrected chi connectivity index (χ3v) is 7.29. The SMILES string of the molecule is COc1cc(OC(=O)OCOP(=O)(COCCn2cnc3c(=O)[nH]c(N)nc32)OCc2ccc(C)cc2)ccc1C. The summed E-state index contributed by atoms with van der Waals surface area (Å²) in [5, 5.41) is 0. The Balaban J connectivity index is 1.34. The first-order valence-corrected chi connectivity index (χ1v) is 14.1. The number of aryl methyl sites for hydroxylation is 2. The first kappa shape index (κ1) is 29.7. The molecule has 0 aliphatic rings. The van der Waals surface area contributed by atoms with Crippen molar-refractivity contribution in [2.24, 2.45) is 0 Å². The summed E-state index contributed by atoms with van der Waals surface area (Å²) in [5.41, 5.74) is 8.24. The van der Waals surface area contributed by atoms with Crippen molar-refractivity contribution < 1.29 is 37.4 Å². The van der Waals surface area contributed by atoms with Gasteiger partial charge in [-0.05, 0) is 31.0 Å². The molecular formula is C26H30N5O9P. The van der Waals surface area contributed by atoms with Crippen molar-refractivity contribution >= 4 is 30.9 Å². The van der Waals surface area contributed by atoms with E-state index in [1.54, 1.807) is 16.7 Å². The van der Waals surface area contributed by atoms with Crippen LogP contribution in [0.15, 0.2) is 53.6 Å². The van der Waals surface area contributed by atoms with Gasteiger partial charge in [0.1, 0.15) is 17.8 Å². The predicted octanol–water partition coefficient (Wildman–Crippen LogP) is 3.90. The van der Waals surface area contributed by atoms with Crippen molar-refractivity contribution in [3.63, 3.8) is 0 Å². The molecule has 1 atom stereocenters. The quantitative estimate of drug-likeness (QED) is 0.0759.